The predicted molar refractivity (Wildman–Crippen MR) is 52.0 cm³/mol. The Bertz CT molecular complexity index is 467. The van der Waals surface area contributed by atoms with Gasteiger partial charge in [0.1, 0.15) is 5.82 Å². The van der Waals surface area contributed by atoms with Crippen LogP contribution in [0.1, 0.15) is 18.7 Å². The van der Waals surface area contributed by atoms with Crippen LogP contribution in [0.5, 0.6) is 0 Å². The minimum Gasteiger partial charge on any atom is -0.387 e. The largest absolute Gasteiger partial charge is 0.387 e. The van der Waals surface area contributed by atoms with E-state index in [2.05, 4.69) is 10.3 Å². The highest BCUT2D eigenvalue weighted by Gasteiger charge is 2.10. The Morgan fingerprint density at radius 3 is 2.93 bits per heavy atom. The summed E-state index contributed by atoms with van der Waals surface area (Å²) in [6.07, 6.45) is 0.763. The van der Waals surface area contributed by atoms with Gasteiger partial charge in [0.25, 0.3) is 0 Å². The zero-order valence-electron chi connectivity index (χ0n) is 8.13. The second-order valence-corrected chi connectivity index (χ2v) is 3.23. The number of halogens is 1. The molecule has 0 saturated carbocycles. The van der Waals surface area contributed by atoms with Gasteiger partial charge in [-0.25, -0.2) is 9.07 Å². The number of aliphatic hydroxyl groups excluding tert-OH is 1. The van der Waals surface area contributed by atoms with Crippen molar-refractivity contribution in [1.82, 2.24) is 15.0 Å². The van der Waals surface area contributed by atoms with Gasteiger partial charge in [-0.15, -0.1) is 5.10 Å². The Morgan fingerprint density at radius 2 is 2.27 bits per heavy atom. The summed E-state index contributed by atoms with van der Waals surface area (Å²) in [7, 11) is 0. The van der Waals surface area contributed by atoms with Crippen LogP contribution in [-0.4, -0.2) is 20.1 Å². The maximum absolute atomic E-state index is 13.0. The molecule has 2 rings (SSSR count). The molecule has 0 spiro atoms. The average molecular weight is 207 g/mol. The van der Waals surface area contributed by atoms with Gasteiger partial charge in [-0.2, -0.15) is 0 Å². The molecule has 0 aliphatic carbocycles. The third kappa shape index (κ3) is 1.87. The molecule has 78 valence electrons. The first-order valence-corrected chi connectivity index (χ1v) is 4.53. The van der Waals surface area contributed by atoms with Gasteiger partial charge in [-0.3, -0.25) is 0 Å². The van der Waals surface area contributed by atoms with Crippen LogP contribution in [0.4, 0.5) is 4.39 Å². The van der Waals surface area contributed by atoms with Gasteiger partial charge in [0.15, 0.2) is 0 Å². The second-order valence-electron chi connectivity index (χ2n) is 3.23. The summed E-state index contributed by atoms with van der Waals surface area (Å²) in [6, 6.07) is 5.96. The lowest BCUT2D eigenvalue weighted by molar-refractivity contribution is 0.191. The van der Waals surface area contributed by atoms with Crippen molar-refractivity contribution in [2.75, 3.05) is 0 Å². The number of aromatic nitrogens is 3. The number of hydrogen-bond acceptors (Lipinski definition) is 3. The molecule has 1 unspecified atom stereocenters. The van der Waals surface area contributed by atoms with Crippen LogP contribution in [0, 0.1) is 5.82 Å². The van der Waals surface area contributed by atoms with E-state index in [1.54, 1.807) is 19.1 Å². The normalized spacial score (nSPS) is 12.7. The Balaban J connectivity index is 2.49. The van der Waals surface area contributed by atoms with E-state index in [1.165, 1.54) is 23.0 Å². The number of hydrogen-bond donors (Lipinski definition) is 1. The summed E-state index contributed by atoms with van der Waals surface area (Å²) < 4.78 is 14.4. The molecule has 4 nitrogen and oxygen atoms in total. The molecule has 1 aromatic heterocycles. The molecule has 0 saturated heterocycles. The highest BCUT2D eigenvalue weighted by Crippen LogP contribution is 2.15. The molecule has 1 N–H and O–H groups in total. The van der Waals surface area contributed by atoms with Gasteiger partial charge in [0.05, 0.1) is 23.7 Å². The quantitative estimate of drug-likeness (QED) is 0.811. The first-order chi connectivity index (χ1) is 7.18. The lowest BCUT2D eigenvalue weighted by atomic mass is 10.2. The van der Waals surface area contributed by atoms with Crippen LogP contribution < -0.4 is 0 Å². The molecule has 0 aliphatic heterocycles. The van der Waals surface area contributed by atoms with Crippen LogP contribution >= 0.6 is 0 Å². The lowest BCUT2D eigenvalue weighted by Gasteiger charge is -2.07. The number of benzene rings is 1. The van der Waals surface area contributed by atoms with Crippen LogP contribution in [-0.2, 0) is 0 Å². The standard InChI is InChI=1S/C10H10FN3O/c1-7(15)10-6-12-13-14(10)9-4-2-3-8(11)5-9/h2-7,15H,1H3. The van der Waals surface area contributed by atoms with Gasteiger partial charge < -0.3 is 5.11 Å². The van der Waals surface area contributed by atoms with Crippen molar-refractivity contribution in [2.24, 2.45) is 0 Å². The van der Waals surface area contributed by atoms with Crippen LogP contribution in [0.15, 0.2) is 30.5 Å². The van der Waals surface area contributed by atoms with Crippen molar-refractivity contribution in [2.45, 2.75) is 13.0 Å². The van der Waals surface area contributed by atoms with Gasteiger partial charge in [0, 0.05) is 0 Å². The van der Waals surface area contributed by atoms with E-state index in [0.717, 1.165) is 0 Å². The van der Waals surface area contributed by atoms with Crippen LogP contribution in [0.2, 0.25) is 0 Å². The molecule has 1 aromatic carbocycles. The van der Waals surface area contributed by atoms with Crippen molar-refractivity contribution < 1.29 is 9.50 Å². The summed E-state index contributed by atoms with van der Waals surface area (Å²) in [5.74, 6) is -0.348. The van der Waals surface area contributed by atoms with E-state index in [1.807, 2.05) is 0 Å². The van der Waals surface area contributed by atoms with E-state index in [4.69, 9.17) is 0 Å². The molecule has 1 atom stereocenters. The molecule has 0 aliphatic rings. The summed E-state index contributed by atoms with van der Waals surface area (Å²) in [5.41, 5.74) is 1.07. The van der Waals surface area contributed by atoms with Crippen molar-refractivity contribution in [3.8, 4) is 5.69 Å². The Kier molecular flexibility index (Phi) is 2.47. The summed E-state index contributed by atoms with van der Waals surface area (Å²) in [5, 5.41) is 16.9. The van der Waals surface area contributed by atoms with Crippen molar-refractivity contribution in [1.29, 1.82) is 0 Å². The van der Waals surface area contributed by atoms with Gasteiger partial charge >= 0.3 is 0 Å². The first-order valence-electron chi connectivity index (χ1n) is 4.53. The third-order valence-corrected chi connectivity index (χ3v) is 2.06. The minimum atomic E-state index is -0.691. The monoisotopic (exact) mass is 207 g/mol. The van der Waals surface area contributed by atoms with Crippen molar-refractivity contribution in [3.05, 3.63) is 42.0 Å². The number of aliphatic hydroxyl groups is 1. The fourth-order valence-electron chi connectivity index (χ4n) is 1.34. The molecule has 0 fully saturated rings. The first kappa shape index (κ1) is 9.79. The van der Waals surface area contributed by atoms with Crippen LogP contribution in [0.3, 0.4) is 0 Å². The van der Waals surface area contributed by atoms with E-state index >= 15 is 0 Å². The molecular formula is C10H10FN3O. The molecule has 0 bridgehead atoms. The molecule has 5 heteroatoms. The highest BCUT2D eigenvalue weighted by molar-refractivity contribution is 5.32. The summed E-state index contributed by atoms with van der Waals surface area (Å²) in [4.78, 5) is 0. The lowest BCUT2D eigenvalue weighted by Crippen LogP contribution is -2.05. The fraction of sp³-hybridized carbons (Fsp3) is 0.200. The minimum absolute atomic E-state index is 0.348. The average Bonchev–Trinajstić information content (AvgIpc) is 2.65. The van der Waals surface area contributed by atoms with E-state index in [-0.39, 0.29) is 5.82 Å². The SMILES string of the molecule is CC(O)c1cnnn1-c1cccc(F)c1. The van der Waals surface area contributed by atoms with E-state index < -0.39 is 6.10 Å². The third-order valence-electron chi connectivity index (χ3n) is 2.06. The summed E-state index contributed by atoms with van der Waals surface area (Å²) >= 11 is 0. The Labute approximate surface area is 86.0 Å². The van der Waals surface area contributed by atoms with Crippen molar-refractivity contribution in [3.63, 3.8) is 0 Å². The van der Waals surface area contributed by atoms with Gasteiger partial charge in [0.2, 0.25) is 0 Å². The maximum Gasteiger partial charge on any atom is 0.125 e. The Hall–Kier alpha value is -1.75. The number of rotatable bonds is 2. The number of nitrogens with zero attached hydrogens (tertiary/aromatic N) is 3. The van der Waals surface area contributed by atoms with E-state index in [9.17, 15) is 9.50 Å². The highest BCUT2D eigenvalue weighted by atomic mass is 19.1. The second kappa shape index (κ2) is 3.78. The zero-order valence-corrected chi connectivity index (χ0v) is 8.13. The molecular weight excluding hydrogens is 197 g/mol. The Morgan fingerprint density at radius 1 is 1.47 bits per heavy atom. The predicted octanol–water partition coefficient (Wildman–Crippen LogP) is 1.46. The molecule has 0 radical (unpaired) electrons. The molecule has 2 aromatic rings. The maximum atomic E-state index is 13.0. The van der Waals surface area contributed by atoms with Crippen molar-refractivity contribution >= 4 is 0 Å². The van der Waals surface area contributed by atoms with Gasteiger partial charge in [-0.05, 0) is 25.1 Å². The fourth-order valence-corrected chi connectivity index (χ4v) is 1.34. The topological polar surface area (TPSA) is 50.9 Å². The van der Waals surface area contributed by atoms with Crippen LogP contribution in [0.25, 0.3) is 5.69 Å². The zero-order chi connectivity index (χ0) is 10.8. The molecule has 15 heavy (non-hydrogen) atoms. The smallest absolute Gasteiger partial charge is 0.125 e. The van der Waals surface area contributed by atoms with E-state index in [0.29, 0.717) is 11.4 Å². The molecule has 1 heterocycles. The van der Waals surface area contributed by atoms with Gasteiger partial charge in [-0.1, -0.05) is 11.3 Å². The molecule has 0 amide bonds. The summed E-state index contributed by atoms with van der Waals surface area (Å²) in [6.45, 7) is 1.61.